The predicted molar refractivity (Wildman–Crippen MR) is 63.5 cm³/mol. The van der Waals surface area contributed by atoms with Gasteiger partial charge in [0.25, 0.3) is 5.91 Å². The van der Waals surface area contributed by atoms with Gasteiger partial charge >= 0.3 is 0 Å². The first-order valence-corrected chi connectivity index (χ1v) is 5.65. The smallest absolute Gasteiger partial charge is 0.270 e. The molecule has 0 radical (unpaired) electrons. The molecule has 2 aromatic rings. The molecule has 0 aliphatic heterocycles. The van der Waals surface area contributed by atoms with Gasteiger partial charge in [-0.1, -0.05) is 6.07 Å². The number of thiazole rings is 1. The van der Waals surface area contributed by atoms with Crippen molar-refractivity contribution in [3.63, 3.8) is 0 Å². The van der Waals surface area contributed by atoms with E-state index in [-0.39, 0.29) is 5.91 Å². The van der Waals surface area contributed by atoms with Crippen LogP contribution in [0.1, 0.15) is 15.4 Å². The Morgan fingerprint density at radius 1 is 1.44 bits per heavy atom. The van der Waals surface area contributed by atoms with Gasteiger partial charge in [0.2, 0.25) is 0 Å². The van der Waals surface area contributed by atoms with E-state index in [4.69, 9.17) is 0 Å². The first-order valence-electron chi connectivity index (χ1n) is 4.83. The highest BCUT2D eigenvalue weighted by molar-refractivity contribution is 7.15. The maximum Gasteiger partial charge on any atom is 0.270 e. The first kappa shape index (κ1) is 10.8. The molecule has 0 saturated heterocycles. The topological polar surface area (TPSA) is 54.9 Å². The van der Waals surface area contributed by atoms with Gasteiger partial charge in [0.1, 0.15) is 10.7 Å². The lowest BCUT2D eigenvalue weighted by molar-refractivity contribution is 0.0958. The van der Waals surface area contributed by atoms with Crippen molar-refractivity contribution < 1.29 is 4.79 Å². The second-order valence-electron chi connectivity index (χ2n) is 3.22. The minimum absolute atomic E-state index is 0.157. The fourth-order valence-corrected chi connectivity index (χ4v) is 2.21. The number of nitrogens with one attached hydrogen (secondary N) is 1. The van der Waals surface area contributed by atoms with Gasteiger partial charge in [-0.2, -0.15) is 0 Å². The number of nitrogens with zero attached hydrogens (tertiary/aromatic N) is 2. The lowest BCUT2D eigenvalue weighted by Crippen LogP contribution is -2.19. The van der Waals surface area contributed by atoms with Crippen molar-refractivity contribution in [2.24, 2.45) is 0 Å². The van der Waals surface area contributed by atoms with E-state index in [0.29, 0.717) is 5.69 Å². The van der Waals surface area contributed by atoms with E-state index >= 15 is 0 Å². The van der Waals surface area contributed by atoms with Gasteiger partial charge in [-0.05, 0) is 19.1 Å². The van der Waals surface area contributed by atoms with E-state index in [1.165, 1.54) is 11.3 Å². The third kappa shape index (κ3) is 1.94. The Balaban J connectivity index is 2.42. The van der Waals surface area contributed by atoms with Crippen molar-refractivity contribution in [1.82, 2.24) is 15.3 Å². The number of aryl methyl sites for hydroxylation is 1. The van der Waals surface area contributed by atoms with Gasteiger partial charge in [0, 0.05) is 18.1 Å². The average Bonchev–Trinajstić information content (AvgIpc) is 2.71. The molecule has 16 heavy (non-hydrogen) atoms. The zero-order chi connectivity index (χ0) is 11.5. The number of aromatic nitrogens is 2. The molecule has 2 heterocycles. The lowest BCUT2D eigenvalue weighted by Gasteiger charge is -1.94. The lowest BCUT2D eigenvalue weighted by atomic mass is 10.3. The van der Waals surface area contributed by atoms with Gasteiger partial charge in [0.15, 0.2) is 0 Å². The van der Waals surface area contributed by atoms with E-state index in [9.17, 15) is 4.79 Å². The molecule has 2 rings (SSSR count). The summed E-state index contributed by atoms with van der Waals surface area (Å²) in [5.74, 6) is -0.157. The van der Waals surface area contributed by atoms with Crippen molar-refractivity contribution in [2.75, 3.05) is 7.05 Å². The van der Waals surface area contributed by atoms with Crippen LogP contribution in [0.15, 0.2) is 24.4 Å². The first-order chi connectivity index (χ1) is 7.72. The highest BCUT2D eigenvalue weighted by Gasteiger charge is 2.15. The van der Waals surface area contributed by atoms with Crippen molar-refractivity contribution in [3.8, 4) is 10.7 Å². The van der Waals surface area contributed by atoms with Crippen molar-refractivity contribution in [3.05, 3.63) is 35.0 Å². The van der Waals surface area contributed by atoms with E-state index in [1.54, 1.807) is 13.2 Å². The zero-order valence-electron chi connectivity index (χ0n) is 9.02. The molecule has 0 fully saturated rings. The Morgan fingerprint density at radius 3 is 2.88 bits per heavy atom. The van der Waals surface area contributed by atoms with Crippen LogP contribution in [0.4, 0.5) is 0 Å². The number of rotatable bonds is 2. The monoisotopic (exact) mass is 233 g/mol. The second kappa shape index (κ2) is 4.40. The zero-order valence-corrected chi connectivity index (χ0v) is 9.84. The van der Waals surface area contributed by atoms with E-state index < -0.39 is 0 Å². The molecule has 0 unspecified atom stereocenters. The molecular weight excluding hydrogens is 222 g/mol. The van der Waals surface area contributed by atoms with Crippen LogP contribution in [0.5, 0.6) is 0 Å². The Morgan fingerprint density at radius 2 is 2.25 bits per heavy atom. The van der Waals surface area contributed by atoms with E-state index in [2.05, 4.69) is 15.3 Å². The molecule has 1 N–H and O–H groups in total. The third-order valence-corrected chi connectivity index (χ3v) is 3.12. The van der Waals surface area contributed by atoms with Crippen LogP contribution in [-0.2, 0) is 0 Å². The van der Waals surface area contributed by atoms with Crippen LogP contribution in [0, 0.1) is 6.92 Å². The second-order valence-corrected chi connectivity index (χ2v) is 4.42. The fraction of sp³-hybridized carbons (Fsp3) is 0.182. The fourth-order valence-electron chi connectivity index (χ4n) is 1.32. The molecular formula is C11H11N3OS. The molecule has 0 spiro atoms. The van der Waals surface area contributed by atoms with Crippen LogP contribution in [0.3, 0.4) is 0 Å². The van der Waals surface area contributed by atoms with Gasteiger partial charge in [-0.15, -0.1) is 11.3 Å². The number of hydrogen-bond donors (Lipinski definition) is 1. The average molecular weight is 233 g/mol. The highest BCUT2D eigenvalue weighted by atomic mass is 32.1. The predicted octanol–water partition coefficient (Wildman–Crippen LogP) is 1.87. The number of carbonyl (C=O) groups is 1. The van der Waals surface area contributed by atoms with Gasteiger partial charge in [0.05, 0.1) is 5.69 Å². The Kier molecular flexibility index (Phi) is 2.96. The SMILES string of the molecule is CNC(=O)c1nc(-c2ccccn2)sc1C. The summed E-state index contributed by atoms with van der Waals surface area (Å²) in [6, 6.07) is 5.63. The van der Waals surface area contributed by atoms with Gasteiger partial charge in [-0.3, -0.25) is 9.78 Å². The maximum atomic E-state index is 11.5. The van der Waals surface area contributed by atoms with Crippen molar-refractivity contribution in [1.29, 1.82) is 0 Å². The summed E-state index contributed by atoms with van der Waals surface area (Å²) < 4.78 is 0. The standard InChI is InChI=1S/C11H11N3OS/c1-7-9(10(15)12-2)14-11(16-7)8-5-3-4-6-13-8/h3-6H,1-2H3,(H,12,15). The molecule has 1 amide bonds. The summed E-state index contributed by atoms with van der Waals surface area (Å²) >= 11 is 1.48. The largest absolute Gasteiger partial charge is 0.354 e. The molecule has 0 bridgehead atoms. The summed E-state index contributed by atoms with van der Waals surface area (Å²) in [4.78, 5) is 20.9. The summed E-state index contributed by atoms with van der Waals surface area (Å²) in [6.45, 7) is 1.88. The van der Waals surface area contributed by atoms with Gasteiger partial charge < -0.3 is 5.32 Å². The number of pyridine rings is 1. The Labute approximate surface area is 97.4 Å². The summed E-state index contributed by atoms with van der Waals surface area (Å²) in [5, 5.41) is 3.35. The quantitative estimate of drug-likeness (QED) is 0.861. The van der Waals surface area contributed by atoms with Crippen molar-refractivity contribution >= 4 is 17.2 Å². The van der Waals surface area contributed by atoms with Crippen LogP contribution >= 0.6 is 11.3 Å². The van der Waals surface area contributed by atoms with Crippen LogP contribution < -0.4 is 5.32 Å². The number of amides is 1. The molecule has 0 atom stereocenters. The van der Waals surface area contributed by atoms with Crippen molar-refractivity contribution in [2.45, 2.75) is 6.92 Å². The molecule has 0 aromatic carbocycles. The van der Waals surface area contributed by atoms with E-state index in [1.807, 2.05) is 25.1 Å². The van der Waals surface area contributed by atoms with E-state index in [0.717, 1.165) is 15.6 Å². The molecule has 0 saturated carbocycles. The van der Waals surface area contributed by atoms with Crippen LogP contribution in [-0.4, -0.2) is 22.9 Å². The maximum absolute atomic E-state index is 11.5. The molecule has 0 aliphatic carbocycles. The minimum atomic E-state index is -0.157. The molecule has 5 heteroatoms. The Bertz CT molecular complexity index is 507. The summed E-state index contributed by atoms with van der Waals surface area (Å²) in [7, 11) is 1.60. The summed E-state index contributed by atoms with van der Waals surface area (Å²) in [5.41, 5.74) is 1.28. The molecule has 2 aromatic heterocycles. The highest BCUT2D eigenvalue weighted by Crippen LogP contribution is 2.25. The van der Waals surface area contributed by atoms with Gasteiger partial charge in [-0.25, -0.2) is 4.98 Å². The molecule has 4 nitrogen and oxygen atoms in total. The van der Waals surface area contributed by atoms with Crippen LogP contribution in [0.25, 0.3) is 10.7 Å². The van der Waals surface area contributed by atoms with Crippen LogP contribution in [0.2, 0.25) is 0 Å². The number of hydrogen-bond acceptors (Lipinski definition) is 4. The molecule has 0 aliphatic rings. The minimum Gasteiger partial charge on any atom is -0.354 e. The Hall–Kier alpha value is -1.75. The molecule has 82 valence electrons. The normalized spacial score (nSPS) is 10.1. The summed E-state index contributed by atoms with van der Waals surface area (Å²) in [6.07, 6.45) is 1.71. The third-order valence-electron chi connectivity index (χ3n) is 2.12. The number of carbonyl (C=O) groups excluding carboxylic acids is 1.